The smallest absolute Gasteiger partial charge is 0.0672 e. The van der Waals surface area contributed by atoms with Gasteiger partial charge in [-0.1, -0.05) is 12.2 Å². The zero-order chi connectivity index (χ0) is 11.1. The van der Waals surface area contributed by atoms with Crippen molar-refractivity contribution >= 4 is 0 Å². The molecule has 15 heavy (non-hydrogen) atoms. The molecule has 0 aromatic heterocycles. The van der Waals surface area contributed by atoms with Gasteiger partial charge in [0.15, 0.2) is 0 Å². The average molecular weight is 213 g/mol. The van der Waals surface area contributed by atoms with E-state index >= 15 is 0 Å². The van der Waals surface area contributed by atoms with Gasteiger partial charge in [0.05, 0.1) is 19.3 Å². The van der Waals surface area contributed by atoms with Crippen LogP contribution in [0.15, 0.2) is 12.2 Å². The zero-order valence-corrected chi connectivity index (χ0v) is 9.92. The summed E-state index contributed by atoms with van der Waals surface area (Å²) in [5, 5.41) is 3.45. The molecular weight excluding hydrogens is 190 g/mol. The van der Waals surface area contributed by atoms with Gasteiger partial charge in [-0.05, 0) is 26.7 Å². The molecule has 0 radical (unpaired) electrons. The van der Waals surface area contributed by atoms with Crippen molar-refractivity contribution in [1.82, 2.24) is 5.32 Å². The predicted octanol–water partition coefficient (Wildman–Crippen LogP) is 1.74. The van der Waals surface area contributed by atoms with Gasteiger partial charge < -0.3 is 14.8 Å². The van der Waals surface area contributed by atoms with E-state index in [0.29, 0.717) is 18.8 Å². The quantitative estimate of drug-likeness (QED) is 0.492. The maximum Gasteiger partial charge on any atom is 0.0672 e. The molecule has 0 aliphatic heterocycles. The highest BCUT2D eigenvalue weighted by molar-refractivity contribution is 4.88. The molecule has 0 unspecified atom stereocenters. The minimum atomic E-state index is 0.490. The van der Waals surface area contributed by atoms with Crippen LogP contribution >= 0.6 is 0 Å². The molecule has 1 aliphatic rings. The van der Waals surface area contributed by atoms with Gasteiger partial charge in [0, 0.05) is 19.2 Å². The Morgan fingerprint density at radius 1 is 1.47 bits per heavy atom. The summed E-state index contributed by atoms with van der Waals surface area (Å²) in [7, 11) is 0. The van der Waals surface area contributed by atoms with E-state index in [4.69, 9.17) is 9.47 Å². The van der Waals surface area contributed by atoms with E-state index in [1.165, 1.54) is 0 Å². The van der Waals surface area contributed by atoms with Crippen LogP contribution in [0.25, 0.3) is 0 Å². The number of ether oxygens (including phenoxy) is 2. The third-order valence-electron chi connectivity index (χ3n) is 2.53. The van der Waals surface area contributed by atoms with E-state index in [9.17, 15) is 0 Å². The molecule has 0 saturated heterocycles. The van der Waals surface area contributed by atoms with E-state index in [2.05, 4.69) is 11.9 Å². The van der Waals surface area contributed by atoms with Crippen LogP contribution < -0.4 is 5.32 Å². The number of rotatable bonds is 8. The van der Waals surface area contributed by atoms with E-state index in [0.717, 1.165) is 38.2 Å². The molecule has 0 bridgehead atoms. The lowest BCUT2D eigenvalue weighted by Gasteiger charge is -2.35. The van der Waals surface area contributed by atoms with Crippen LogP contribution in [-0.4, -0.2) is 38.5 Å². The largest absolute Gasteiger partial charge is 0.378 e. The average Bonchev–Trinajstić information content (AvgIpc) is 2.12. The first kappa shape index (κ1) is 12.7. The minimum absolute atomic E-state index is 0.490. The van der Waals surface area contributed by atoms with Gasteiger partial charge in [0.1, 0.15) is 0 Å². The predicted molar refractivity (Wildman–Crippen MR) is 62.1 cm³/mol. The van der Waals surface area contributed by atoms with E-state index in [1.54, 1.807) is 0 Å². The van der Waals surface area contributed by atoms with Crippen molar-refractivity contribution < 1.29 is 9.47 Å². The lowest BCUT2D eigenvalue weighted by atomic mass is 9.89. The molecule has 1 saturated carbocycles. The Kier molecular flexibility index (Phi) is 5.91. The van der Waals surface area contributed by atoms with Crippen LogP contribution in [-0.2, 0) is 9.47 Å². The third kappa shape index (κ3) is 5.30. The van der Waals surface area contributed by atoms with Crippen LogP contribution in [0.5, 0.6) is 0 Å². The maximum atomic E-state index is 5.48. The van der Waals surface area contributed by atoms with Gasteiger partial charge in [0.25, 0.3) is 0 Å². The second-order valence-electron chi connectivity index (χ2n) is 4.21. The molecule has 0 spiro atoms. The lowest BCUT2D eigenvalue weighted by molar-refractivity contribution is -0.0112. The number of hydrogen-bond donors (Lipinski definition) is 1. The van der Waals surface area contributed by atoms with E-state index in [-0.39, 0.29) is 0 Å². The SMILES string of the molecule is C=C(C)COCCNC1CC(OCC)C1. The molecule has 1 rings (SSSR count). The Bertz CT molecular complexity index is 188. The van der Waals surface area contributed by atoms with Crippen molar-refractivity contribution in [3.63, 3.8) is 0 Å². The van der Waals surface area contributed by atoms with Gasteiger partial charge in [-0.3, -0.25) is 0 Å². The Balaban J connectivity index is 1.84. The molecule has 3 nitrogen and oxygen atoms in total. The van der Waals surface area contributed by atoms with Crippen molar-refractivity contribution in [3.05, 3.63) is 12.2 Å². The summed E-state index contributed by atoms with van der Waals surface area (Å²) in [6.45, 7) is 11.0. The van der Waals surface area contributed by atoms with Gasteiger partial charge in [-0.15, -0.1) is 0 Å². The molecule has 0 heterocycles. The summed E-state index contributed by atoms with van der Waals surface area (Å²) < 4.78 is 10.9. The third-order valence-corrected chi connectivity index (χ3v) is 2.53. The molecule has 1 fully saturated rings. The second kappa shape index (κ2) is 6.99. The molecule has 1 aliphatic carbocycles. The van der Waals surface area contributed by atoms with Crippen molar-refractivity contribution in [2.24, 2.45) is 0 Å². The first-order valence-corrected chi connectivity index (χ1v) is 5.79. The highest BCUT2D eigenvalue weighted by atomic mass is 16.5. The van der Waals surface area contributed by atoms with Crippen LogP contribution in [0.3, 0.4) is 0 Å². The lowest BCUT2D eigenvalue weighted by Crippen LogP contribution is -2.46. The van der Waals surface area contributed by atoms with Gasteiger partial charge in [0.2, 0.25) is 0 Å². The number of nitrogens with one attached hydrogen (secondary N) is 1. The topological polar surface area (TPSA) is 30.5 Å². The fourth-order valence-electron chi connectivity index (χ4n) is 1.69. The van der Waals surface area contributed by atoms with Gasteiger partial charge >= 0.3 is 0 Å². The Morgan fingerprint density at radius 2 is 2.20 bits per heavy atom. The first-order chi connectivity index (χ1) is 7.22. The van der Waals surface area contributed by atoms with Crippen LogP contribution in [0, 0.1) is 0 Å². The fourth-order valence-corrected chi connectivity index (χ4v) is 1.69. The molecule has 0 amide bonds. The molecule has 3 heteroatoms. The molecule has 88 valence electrons. The van der Waals surface area contributed by atoms with E-state index < -0.39 is 0 Å². The van der Waals surface area contributed by atoms with E-state index in [1.807, 2.05) is 13.8 Å². The summed E-state index contributed by atoms with van der Waals surface area (Å²) in [4.78, 5) is 0. The highest BCUT2D eigenvalue weighted by Crippen LogP contribution is 2.22. The Labute approximate surface area is 92.8 Å². The minimum Gasteiger partial charge on any atom is -0.378 e. The number of hydrogen-bond acceptors (Lipinski definition) is 3. The van der Waals surface area contributed by atoms with Gasteiger partial charge in [-0.25, -0.2) is 0 Å². The molecule has 0 atom stereocenters. The monoisotopic (exact) mass is 213 g/mol. The van der Waals surface area contributed by atoms with Crippen LogP contribution in [0.4, 0.5) is 0 Å². The summed E-state index contributed by atoms with van der Waals surface area (Å²) in [6, 6.07) is 0.634. The second-order valence-corrected chi connectivity index (χ2v) is 4.21. The molecule has 1 N–H and O–H groups in total. The maximum absolute atomic E-state index is 5.48. The normalized spacial score (nSPS) is 24.9. The van der Waals surface area contributed by atoms with Crippen molar-refractivity contribution in [2.75, 3.05) is 26.4 Å². The van der Waals surface area contributed by atoms with Crippen LogP contribution in [0.1, 0.15) is 26.7 Å². The first-order valence-electron chi connectivity index (χ1n) is 5.79. The highest BCUT2D eigenvalue weighted by Gasteiger charge is 2.28. The summed E-state index contributed by atoms with van der Waals surface area (Å²) in [5.41, 5.74) is 1.08. The zero-order valence-electron chi connectivity index (χ0n) is 9.92. The van der Waals surface area contributed by atoms with Crippen molar-refractivity contribution in [2.45, 2.75) is 38.8 Å². The van der Waals surface area contributed by atoms with Crippen molar-refractivity contribution in [3.8, 4) is 0 Å². The Morgan fingerprint density at radius 3 is 2.80 bits per heavy atom. The Hall–Kier alpha value is -0.380. The molecule has 0 aromatic rings. The molecule has 0 aromatic carbocycles. The summed E-state index contributed by atoms with van der Waals surface area (Å²) in [5.74, 6) is 0. The van der Waals surface area contributed by atoms with Gasteiger partial charge in [-0.2, -0.15) is 0 Å². The molecular formula is C12H23NO2. The summed E-state index contributed by atoms with van der Waals surface area (Å²) in [6.07, 6.45) is 2.78. The van der Waals surface area contributed by atoms with Crippen LogP contribution in [0.2, 0.25) is 0 Å². The standard InChI is InChI=1S/C12H23NO2/c1-4-15-12-7-11(8-12)13-5-6-14-9-10(2)3/h11-13H,2,4-9H2,1,3H3. The summed E-state index contributed by atoms with van der Waals surface area (Å²) >= 11 is 0. The fraction of sp³-hybridized carbons (Fsp3) is 0.833. The van der Waals surface area contributed by atoms with Crippen molar-refractivity contribution in [1.29, 1.82) is 0 Å².